The normalized spacial score (nSPS) is 11.6. The van der Waals surface area contributed by atoms with Crippen molar-refractivity contribution < 1.29 is 0 Å². The highest BCUT2D eigenvalue weighted by molar-refractivity contribution is 7.26. The van der Waals surface area contributed by atoms with Crippen LogP contribution < -0.4 is 4.90 Å². The maximum Gasteiger partial charge on any atom is 0.0540 e. The first-order valence-corrected chi connectivity index (χ1v) is 20.3. The van der Waals surface area contributed by atoms with Gasteiger partial charge < -0.3 is 4.90 Å². The summed E-state index contributed by atoms with van der Waals surface area (Å²) in [5.41, 5.74) is 10.6. The maximum atomic E-state index is 2.42. The van der Waals surface area contributed by atoms with Gasteiger partial charge in [0.1, 0.15) is 0 Å². The zero-order valence-electron chi connectivity index (χ0n) is 29.8. The molecular formula is C52H33NS2. The fourth-order valence-corrected chi connectivity index (χ4v) is 10.4. The van der Waals surface area contributed by atoms with E-state index in [2.05, 4.69) is 205 Å². The summed E-state index contributed by atoms with van der Waals surface area (Å²) in [4.78, 5) is 2.42. The number of thiophene rings is 2. The Hall–Kier alpha value is -6.52. The van der Waals surface area contributed by atoms with Gasteiger partial charge in [-0.3, -0.25) is 0 Å². The Morgan fingerprint density at radius 2 is 0.891 bits per heavy atom. The van der Waals surface area contributed by atoms with Gasteiger partial charge in [-0.2, -0.15) is 0 Å². The molecule has 2 aromatic heterocycles. The number of para-hydroxylation sites is 1. The van der Waals surface area contributed by atoms with Crippen LogP contribution in [0.25, 0.3) is 84.5 Å². The molecule has 0 aliphatic heterocycles. The highest BCUT2D eigenvalue weighted by Crippen LogP contribution is 2.44. The van der Waals surface area contributed by atoms with E-state index < -0.39 is 0 Å². The first kappa shape index (κ1) is 32.0. The third-order valence-corrected chi connectivity index (χ3v) is 13.1. The molecule has 258 valence electrons. The number of benzene rings is 9. The van der Waals surface area contributed by atoms with E-state index in [9.17, 15) is 0 Å². The third-order valence-electron chi connectivity index (χ3n) is 10.9. The Morgan fingerprint density at radius 3 is 1.75 bits per heavy atom. The second kappa shape index (κ2) is 13.1. The fourth-order valence-electron chi connectivity index (χ4n) is 8.14. The van der Waals surface area contributed by atoms with Crippen LogP contribution in [0.4, 0.5) is 17.1 Å². The van der Waals surface area contributed by atoms with Crippen LogP contribution in [0.2, 0.25) is 0 Å². The predicted octanol–water partition coefficient (Wildman–Crippen LogP) is 16.0. The number of rotatable bonds is 6. The average Bonchev–Trinajstić information content (AvgIpc) is 3.82. The molecule has 0 unspecified atom stereocenters. The van der Waals surface area contributed by atoms with Crippen LogP contribution in [0.15, 0.2) is 200 Å². The molecule has 0 bridgehead atoms. The van der Waals surface area contributed by atoms with Gasteiger partial charge in [0.05, 0.1) is 5.69 Å². The summed E-state index contributed by atoms with van der Waals surface area (Å²) in [6.07, 6.45) is 0. The number of hydrogen-bond acceptors (Lipinski definition) is 3. The van der Waals surface area contributed by atoms with Crippen molar-refractivity contribution in [3.63, 3.8) is 0 Å². The summed E-state index contributed by atoms with van der Waals surface area (Å²) in [7, 11) is 0. The van der Waals surface area contributed by atoms with Crippen molar-refractivity contribution in [1.82, 2.24) is 0 Å². The highest BCUT2D eigenvalue weighted by Gasteiger charge is 2.19. The molecule has 0 amide bonds. The summed E-state index contributed by atoms with van der Waals surface area (Å²) in [5.74, 6) is 0. The molecule has 0 aliphatic rings. The molecule has 0 atom stereocenters. The molecule has 1 nitrogen and oxygen atoms in total. The first-order chi connectivity index (χ1) is 27.2. The van der Waals surface area contributed by atoms with E-state index in [4.69, 9.17) is 0 Å². The quantitative estimate of drug-likeness (QED) is 0.164. The molecule has 3 heteroatoms. The van der Waals surface area contributed by atoms with E-state index >= 15 is 0 Å². The molecule has 9 aromatic carbocycles. The second-order valence-electron chi connectivity index (χ2n) is 14.1. The van der Waals surface area contributed by atoms with E-state index in [1.807, 2.05) is 22.7 Å². The van der Waals surface area contributed by atoms with Gasteiger partial charge in [0.15, 0.2) is 0 Å². The van der Waals surface area contributed by atoms with Crippen molar-refractivity contribution in [3.05, 3.63) is 200 Å². The number of fused-ring (bicyclic) bond motifs is 7. The summed E-state index contributed by atoms with van der Waals surface area (Å²) in [6.45, 7) is 0. The van der Waals surface area contributed by atoms with Crippen molar-refractivity contribution >= 4 is 90.9 Å². The Kier molecular flexibility index (Phi) is 7.61. The first-order valence-electron chi connectivity index (χ1n) is 18.7. The Balaban J connectivity index is 1.05. The minimum atomic E-state index is 1.11. The summed E-state index contributed by atoms with van der Waals surface area (Å²) >= 11 is 3.73. The van der Waals surface area contributed by atoms with Crippen molar-refractivity contribution in [1.29, 1.82) is 0 Å². The maximum absolute atomic E-state index is 2.42. The van der Waals surface area contributed by atoms with E-state index in [-0.39, 0.29) is 0 Å². The van der Waals surface area contributed by atoms with Gasteiger partial charge in [0, 0.05) is 57.3 Å². The van der Waals surface area contributed by atoms with Crippen LogP contribution >= 0.6 is 22.7 Å². The summed E-state index contributed by atoms with van der Waals surface area (Å²) < 4.78 is 5.29. The average molecular weight is 736 g/mol. The molecule has 0 fully saturated rings. The van der Waals surface area contributed by atoms with Gasteiger partial charge in [-0.1, -0.05) is 133 Å². The van der Waals surface area contributed by atoms with Gasteiger partial charge in [0.2, 0.25) is 0 Å². The summed E-state index contributed by atoms with van der Waals surface area (Å²) in [6, 6.07) is 73.6. The zero-order chi connectivity index (χ0) is 36.3. The van der Waals surface area contributed by atoms with E-state index in [1.165, 1.54) is 84.5 Å². The second-order valence-corrected chi connectivity index (χ2v) is 16.3. The standard InChI is InChI=1S/C52H33NS2/c1-2-11-36-30-40(21-20-34(36)10-1)43-14-3-6-17-48(43)53(41-26-22-35(23-27-41)38-25-29-51-47(32-38)45-16-5-8-19-50(45)54-51)42-13-9-12-37(31-42)39-24-28-46-44-15-4-7-18-49(44)55-52(46)33-39/h1-33H. The van der Waals surface area contributed by atoms with Crippen LogP contribution in [0.5, 0.6) is 0 Å². The molecule has 0 radical (unpaired) electrons. The predicted molar refractivity (Wildman–Crippen MR) is 241 cm³/mol. The largest absolute Gasteiger partial charge is 0.310 e. The zero-order valence-corrected chi connectivity index (χ0v) is 31.4. The molecule has 0 saturated heterocycles. The molecule has 2 heterocycles. The molecule has 11 rings (SSSR count). The minimum absolute atomic E-state index is 1.11. The number of nitrogens with zero attached hydrogens (tertiary/aromatic N) is 1. The van der Waals surface area contributed by atoms with Crippen LogP contribution in [0.1, 0.15) is 0 Å². The van der Waals surface area contributed by atoms with Crippen LogP contribution in [0.3, 0.4) is 0 Å². The van der Waals surface area contributed by atoms with Crippen LogP contribution in [-0.4, -0.2) is 0 Å². The fraction of sp³-hybridized carbons (Fsp3) is 0. The van der Waals surface area contributed by atoms with Crippen molar-refractivity contribution in [3.8, 4) is 33.4 Å². The van der Waals surface area contributed by atoms with Crippen molar-refractivity contribution in [2.45, 2.75) is 0 Å². The Bertz CT molecular complexity index is 3220. The number of anilines is 3. The van der Waals surface area contributed by atoms with Crippen molar-refractivity contribution in [2.24, 2.45) is 0 Å². The molecular weight excluding hydrogens is 703 g/mol. The van der Waals surface area contributed by atoms with Gasteiger partial charge >= 0.3 is 0 Å². The lowest BCUT2D eigenvalue weighted by atomic mass is 9.97. The Morgan fingerprint density at radius 1 is 0.291 bits per heavy atom. The van der Waals surface area contributed by atoms with Crippen molar-refractivity contribution in [2.75, 3.05) is 4.90 Å². The minimum Gasteiger partial charge on any atom is -0.310 e. The number of hydrogen-bond donors (Lipinski definition) is 0. The Labute approximate surface area is 327 Å². The lowest BCUT2D eigenvalue weighted by Crippen LogP contribution is -2.11. The third kappa shape index (κ3) is 5.60. The van der Waals surface area contributed by atoms with Gasteiger partial charge in [-0.05, 0) is 105 Å². The SMILES string of the molecule is c1cc(-c2ccc3c(c2)sc2ccccc23)cc(N(c2ccc(-c3ccc4sc5ccccc5c4c3)cc2)c2ccccc2-c2ccc3ccccc3c2)c1. The lowest BCUT2D eigenvalue weighted by molar-refractivity contribution is 1.28. The van der Waals surface area contributed by atoms with Gasteiger partial charge in [0.25, 0.3) is 0 Å². The van der Waals surface area contributed by atoms with Gasteiger partial charge in [-0.25, -0.2) is 0 Å². The molecule has 55 heavy (non-hydrogen) atoms. The van der Waals surface area contributed by atoms with E-state index in [1.54, 1.807) is 0 Å². The van der Waals surface area contributed by atoms with Gasteiger partial charge in [-0.15, -0.1) is 22.7 Å². The van der Waals surface area contributed by atoms with E-state index in [0.717, 1.165) is 17.1 Å². The summed E-state index contributed by atoms with van der Waals surface area (Å²) in [5, 5.41) is 7.76. The molecule has 0 spiro atoms. The molecule has 0 aliphatic carbocycles. The monoisotopic (exact) mass is 735 g/mol. The van der Waals surface area contributed by atoms with Crippen LogP contribution in [-0.2, 0) is 0 Å². The van der Waals surface area contributed by atoms with E-state index in [0.29, 0.717) is 0 Å². The highest BCUT2D eigenvalue weighted by atomic mass is 32.1. The smallest absolute Gasteiger partial charge is 0.0540 e. The lowest BCUT2D eigenvalue weighted by Gasteiger charge is -2.28. The molecule has 0 N–H and O–H groups in total. The topological polar surface area (TPSA) is 3.24 Å². The molecule has 0 saturated carbocycles. The molecule has 11 aromatic rings. The van der Waals surface area contributed by atoms with Crippen LogP contribution in [0, 0.1) is 0 Å².